The molecule has 4 atom stereocenters. The Balaban J connectivity index is 1.30. The molecule has 2 fully saturated rings. The van der Waals surface area contributed by atoms with Gasteiger partial charge < -0.3 is 35.0 Å². The molecule has 4 N–H and O–H groups in total. The first-order chi connectivity index (χ1) is 21.1. The number of anilines is 2. The van der Waals surface area contributed by atoms with E-state index in [1.807, 2.05) is 37.3 Å². The second-order valence-electron chi connectivity index (χ2n) is 10.5. The van der Waals surface area contributed by atoms with Gasteiger partial charge >= 0.3 is 0 Å². The maximum Gasteiger partial charge on any atom is 0.226 e. The van der Waals surface area contributed by atoms with Crippen molar-refractivity contribution in [3.63, 3.8) is 0 Å². The first-order valence-corrected chi connectivity index (χ1v) is 14.5. The number of aromatic nitrogens is 8. The normalized spacial score (nSPS) is 22.8. The molecule has 5 heterocycles. The summed E-state index contributed by atoms with van der Waals surface area (Å²) in [5, 5.41) is 47.8. The fourth-order valence-corrected chi connectivity index (χ4v) is 5.30. The van der Waals surface area contributed by atoms with Crippen LogP contribution in [0.5, 0.6) is 0 Å². The summed E-state index contributed by atoms with van der Waals surface area (Å²) in [6.45, 7) is 7.06. The van der Waals surface area contributed by atoms with Crippen LogP contribution < -0.4 is 10.2 Å². The molecule has 0 bridgehead atoms. The van der Waals surface area contributed by atoms with Crippen LogP contribution in [0.2, 0.25) is 0 Å². The van der Waals surface area contributed by atoms with Gasteiger partial charge in [0.05, 0.1) is 26.1 Å². The number of morpholine rings is 1. The van der Waals surface area contributed by atoms with Crippen LogP contribution in [0.15, 0.2) is 36.7 Å². The summed E-state index contributed by atoms with van der Waals surface area (Å²) in [6.07, 6.45) is -2.48. The van der Waals surface area contributed by atoms with Crippen molar-refractivity contribution in [3.8, 4) is 0 Å². The van der Waals surface area contributed by atoms with E-state index in [0.717, 1.165) is 25.2 Å². The molecule has 2 aliphatic heterocycles. The van der Waals surface area contributed by atoms with Gasteiger partial charge in [-0.25, -0.2) is 4.98 Å². The van der Waals surface area contributed by atoms with Crippen LogP contribution in [0.1, 0.15) is 30.6 Å². The van der Waals surface area contributed by atoms with Gasteiger partial charge in [-0.1, -0.05) is 30.3 Å². The molecule has 16 heteroatoms. The standard InChI is InChI=1S/C27H37N11O5/c1-2-38-33-23(32-34-38)22-20(40)21(41)26(43-22)37-16-29-19-24(36(17-39)10-8-18-6-4-3-5-7-18)30-27(31-25(19)37)28-9-11-35-12-14-42-15-13-35/h3-7,16,20-22,26,39-41H,2,8-15,17H2,1H3,(H,28,30,31)/t20-,21+,22-,26+/m0/s1. The number of aryl methyl sites for hydroxylation is 1. The van der Waals surface area contributed by atoms with Gasteiger partial charge in [-0.15, -0.1) is 10.2 Å². The molecule has 2 aliphatic rings. The third kappa shape index (κ3) is 6.29. The van der Waals surface area contributed by atoms with Crippen molar-refractivity contribution in [1.29, 1.82) is 0 Å². The number of ether oxygens (including phenoxy) is 2. The van der Waals surface area contributed by atoms with Gasteiger partial charge in [0.2, 0.25) is 11.8 Å². The molecule has 230 valence electrons. The average Bonchev–Trinajstić information content (AvgIpc) is 3.76. The average molecular weight is 596 g/mol. The lowest BCUT2D eigenvalue weighted by molar-refractivity contribution is -0.0384. The number of tetrazole rings is 1. The van der Waals surface area contributed by atoms with E-state index in [2.05, 4.69) is 30.6 Å². The Morgan fingerprint density at radius 2 is 1.91 bits per heavy atom. The Kier molecular flexibility index (Phi) is 9.01. The maximum absolute atomic E-state index is 11.0. The van der Waals surface area contributed by atoms with Crippen molar-refractivity contribution < 1.29 is 24.8 Å². The highest BCUT2D eigenvalue weighted by Crippen LogP contribution is 2.39. The SMILES string of the molecule is CCn1nnc([C@H]2O[C@@H](n3cnc4c(N(CO)CCc5ccccc5)nc(NCCN5CCOCC5)nc43)[C@H](O)[C@@H]2O)n1. The van der Waals surface area contributed by atoms with Crippen LogP contribution in [0.3, 0.4) is 0 Å². The van der Waals surface area contributed by atoms with E-state index in [-0.39, 0.29) is 12.6 Å². The second-order valence-corrected chi connectivity index (χ2v) is 10.5. The zero-order valence-electron chi connectivity index (χ0n) is 24.0. The Hall–Kier alpha value is -3.80. The number of hydrogen-bond donors (Lipinski definition) is 4. The molecule has 6 rings (SSSR count). The van der Waals surface area contributed by atoms with E-state index in [0.29, 0.717) is 62.2 Å². The van der Waals surface area contributed by atoms with Crippen molar-refractivity contribution in [3.05, 3.63) is 48.0 Å². The largest absolute Gasteiger partial charge is 0.387 e. The van der Waals surface area contributed by atoms with Crippen molar-refractivity contribution in [2.24, 2.45) is 0 Å². The molecule has 0 unspecified atom stereocenters. The summed E-state index contributed by atoms with van der Waals surface area (Å²) in [5.74, 6) is 0.953. The van der Waals surface area contributed by atoms with Crippen LogP contribution in [0.4, 0.5) is 11.8 Å². The predicted molar refractivity (Wildman–Crippen MR) is 154 cm³/mol. The summed E-state index contributed by atoms with van der Waals surface area (Å²) < 4.78 is 13.1. The Morgan fingerprint density at radius 3 is 2.65 bits per heavy atom. The van der Waals surface area contributed by atoms with Crippen LogP contribution in [-0.4, -0.2) is 125 Å². The summed E-state index contributed by atoms with van der Waals surface area (Å²) in [5.41, 5.74) is 1.92. The monoisotopic (exact) mass is 595 g/mol. The minimum Gasteiger partial charge on any atom is -0.387 e. The van der Waals surface area contributed by atoms with Gasteiger partial charge in [0.15, 0.2) is 29.3 Å². The Labute approximate surface area is 247 Å². The van der Waals surface area contributed by atoms with Crippen molar-refractivity contribution in [2.45, 2.75) is 44.4 Å². The molecule has 0 spiro atoms. The minimum atomic E-state index is -1.32. The number of rotatable bonds is 12. The lowest BCUT2D eigenvalue weighted by atomic mass is 10.1. The lowest BCUT2D eigenvalue weighted by Gasteiger charge is -2.26. The van der Waals surface area contributed by atoms with E-state index in [1.54, 1.807) is 9.47 Å². The quantitative estimate of drug-likeness (QED) is 0.155. The summed E-state index contributed by atoms with van der Waals surface area (Å²) in [4.78, 5) is 19.5. The number of aliphatic hydroxyl groups is 3. The van der Waals surface area contributed by atoms with Crippen molar-refractivity contribution >= 4 is 22.9 Å². The summed E-state index contributed by atoms with van der Waals surface area (Å²) >= 11 is 0. The highest BCUT2D eigenvalue weighted by Gasteiger charge is 2.47. The van der Waals surface area contributed by atoms with Crippen LogP contribution in [-0.2, 0) is 22.4 Å². The summed E-state index contributed by atoms with van der Waals surface area (Å²) in [7, 11) is 0. The minimum absolute atomic E-state index is 0.175. The van der Waals surface area contributed by atoms with Crippen molar-refractivity contribution in [1.82, 2.24) is 44.6 Å². The molecule has 0 aliphatic carbocycles. The lowest BCUT2D eigenvalue weighted by Crippen LogP contribution is -2.39. The van der Waals surface area contributed by atoms with Crippen molar-refractivity contribution in [2.75, 3.05) is 62.9 Å². The van der Waals surface area contributed by atoms with Gasteiger partial charge in [0.25, 0.3) is 0 Å². The third-order valence-electron chi connectivity index (χ3n) is 7.72. The fourth-order valence-electron chi connectivity index (χ4n) is 5.30. The first-order valence-electron chi connectivity index (χ1n) is 14.5. The molecular formula is C27H37N11O5. The third-order valence-corrected chi connectivity index (χ3v) is 7.72. The van der Waals surface area contributed by atoms with Gasteiger partial charge in [-0.3, -0.25) is 9.47 Å². The van der Waals surface area contributed by atoms with Gasteiger partial charge in [0, 0.05) is 32.7 Å². The smallest absolute Gasteiger partial charge is 0.226 e. The number of nitrogens with zero attached hydrogens (tertiary/aromatic N) is 10. The molecule has 0 saturated carbocycles. The number of fused-ring (bicyclic) bond motifs is 1. The predicted octanol–water partition coefficient (Wildman–Crippen LogP) is -0.432. The molecule has 43 heavy (non-hydrogen) atoms. The zero-order chi connectivity index (χ0) is 29.8. The van der Waals surface area contributed by atoms with Gasteiger partial charge in [-0.2, -0.15) is 14.8 Å². The Bertz CT molecular complexity index is 1480. The van der Waals surface area contributed by atoms with Gasteiger partial charge in [-0.05, 0) is 24.1 Å². The first kappa shape index (κ1) is 29.3. The molecule has 16 nitrogen and oxygen atoms in total. The Morgan fingerprint density at radius 1 is 1.09 bits per heavy atom. The summed E-state index contributed by atoms with van der Waals surface area (Å²) in [6, 6.07) is 9.99. The molecular weight excluding hydrogens is 558 g/mol. The van der Waals surface area contributed by atoms with Crippen LogP contribution in [0, 0.1) is 0 Å². The fraction of sp³-hybridized carbons (Fsp3) is 0.556. The number of benzene rings is 1. The molecule has 0 radical (unpaired) electrons. The van der Waals surface area contributed by atoms with E-state index >= 15 is 0 Å². The number of imidazole rings is 1. The van der Waals surface area contributed by atoms with E-state index in [9.17, 15) is 15.3 Å². The molecule has 0 amide bonds. The molecule has 1 aromatic carbocycles. The van der Waals surface area contributed by atoms with Crippen LogP contribution in [0.25, 0.3) is 11.2 Å². The molecule has 2 saturated heterocycles. The number of aliphatic hydroxyl groups excluding tert-OH is 3. The second kappa shape index (κ2) is 13.2. The van der Waals surface area contributed by atoms with E-state index in [1.165, 1.54) is 11.1 Å². The van der Waals surface area contributed by atoms with Crippen LogP contribution >= 0.6 is 0 Å². The zero-order valence-corrected chi connectivity index (χ0v) is 24.0. The van der Waals surface area contributed by atoms with Gasteiger partial charge in [0.1, 0.15) is 18.9 Å². The van der Waals surface area contributed by atoms with E-state index in [4.69, 9.17) is 19.4 Å². The molecule has 4 aromatic rings. The maximum atomic E-state index is 11.0. The number of hydrogen-bond acceptors (Lipinski definition) is 14. The van der Waals surface area contributed by atoms with E-state index < -0.39 is 24.5 Å². The highest BCUT2D eigenvalue weighted by atomic mass is 16.6. The topological polar surface area (TPSA) is 185 Å². The number of nitrogens with one attached hydrogen (secondary N) is 1. The highest BCUT2D eigenvalue weighted by molar-refractivity contribution is 5.85. The molecule has 3 aromatic heterocycles.